The molecule has 1 heterocycles. The van der Waals surface area contributed by atoms with Crippen molar-refractivity contribution in [1.82, 2.24) is 0 Å². The molecule has 0 saturated heterocycles. The van der Waals surface area contributed by atoms with Gasteiger partial charge in [0.15, 0.2) is 0 Å². The van der Waals surface area contributed by atoms with Gasteiger partial charge in [0.05, 0.1) is 6.04 Å². The Morgan fingerprint density at radius 3 is 2.60 bits per heavy atom. The number of amides is 1. The fraction of sp³-hybridized carbons (Fsp3) is 0.381. The van der Waals surface area contributed by atoms with E-state index in [4.69, 9.17) is 0 Å². The normalized spacial score (nSPS) is 25.4. The van der Waals surface area contributed by atoms with Crippen LogP contribution in [0.25, 0.3) is 0 Å². The van der Waals surface area contributed by atoms with Gasteiger partial charge in [-0.3, -0.25) is 4.79 Å². The molecule has 25 heavy (non-hydrogen) atoms. The van der Waals surface area contributed by atoms with Crippen molar-refractivity contribution < 1.29 is 9.18 Å². The van der Waals surface area contributed by atoms with E-state index in [9.17, 15) is 9.18 Å². The van der Waals surface area contributed by atoms with Gasteiger partial charge in [0.25, 0.3) is 0 Å². The van der Waals surface area contributed by atoms with Gasteiger partial charge >= 0.3 is 0 Å². The van der Waals surface area contributed by atoms with Gasteiger partial charge in [0.2, 0.25) is 5.91 Å². The number of nitrogens with zero attached hydrogens (tertiary/aromatic N) is 1. The third kappa shape index (κ3) is 2.90. The molecule has 2 aliphatic rings. The van der Waals surface area contributed by atoms with Crippen molar-refractivity contribution in [3.63, 3.8) is 0 Å². The molecule has 0 spiro atoms. The highest BCUT2D eigenvalue weighted by atomic mass is 19.1. The van der Waals surface area contributed by atoms with Crippen LogP contribution in [0, 0.1) is 17.7 Å². The molecular formula is C21H23FN2O. The van der Waals surface area contributed by atoms with Crippen LogP contribution in [0.1, 0.15) is 38.3 Å². The van der Waals surface area contributed by atoms with Crippen LogP contribution in [0.5, 0.6) is 0 Å². The van der Waals surface area contributed by atoms with E-state index in [2.05, 4.69) is 18.3 Å². The fourth-order valence-electron chi connectivity index (χ4n) is 4.27. The number of benzene rings is 2. The highest BCUT2D eigenvalue weighted by Gasteiger charge is 2.47. The molecule has 0 radical (unpaired) electrons. The SMILES string of the molecule is CC(=O)N1c2ccccc2[C@H](Nc2cccc(F)c2)[C@@H](C)[C@@H]1C1CC1. The first kappa shape index (κ1) is 16.1. The van der Waals surface area contributed by atoms with Crippen LogP contribution in [0.4, 0.5) is 15.8 Å². The topological polar surface area (TPSA) is 32.3 Å². The summed E-state index contributed by atoms with van der Waals surface area (Å²) in [5, 5.41) is 3.52. The summed E-state index contributed by atoms with van der Waals surface area (Å²) in [4.78, 5) is 14.4. The van der Waals surface area contributed by atoms with Gasteiger partial charge in [-0.15, -0.1) is 0 Å². The predicted molar refractivity (Wildman–Crippen MR) is 98.0 cm³/mol. The number of halogens is 1. The zero-order chi connectivity index (χ0) is 17.6. The molecule has 0 unspecified atom stereocenters. The first-order valence-corrected chi connectivity index (χ1v) is 8.97. The molecule has 2 aromatic carbocycles. The van der Waals surface area contributed by atoms with Gasteiger partial charge in [0, 0.05) is 30.3 Å². The average Bonchev–Trinajstić information content (AvgIpc) is 3.41. The summed E-state index contributed by atoms with van der Waals surface area (Å²) in [5.74, 6) is 0.657. The van der Waals surface area contributed by atoms with Crippen LogP contribution in [0.3, 0.4) is 0 Å². The van der Waals surface area contributed by atoms with Crippen molar-refractivity contribution in [3.05, 3.63) is 59.9 Å². The molecule has 0 aromatic heterocycles. The van der Waals surface area contributed by atoms with Gasteiger partial charge in [-0.2, -0.15) is 0 Å². The third-order valence-electron chi connectivity index (χ3n) is 5.49. The number of rotatable bonds is 3. The first-order chi connectivity index (χ1) is 12.1. The minimum absolute atomic E-state index is 0.0548. The van der Waals surface area contributed by atoms with Crippen LogP contribution in [-0.4, -0.2) is 11.9 Å². The van der Waals surface area contributed by atoms with Crippen LogP contribution in [0.2, 0.25) is 0 Å². The maximum Gasteiger partial charge on any atom is 0.224 e. The second-order valence-corrected chi connectivity index (χ2v) is 7.27. The van der Waals surface area contributed by atoms with E-state index in [1.807, 2.05) is 29.2 Å². The number of hydrogen-bond donors (Lipinski definition) is 1. The molecule has 1 amide bonds. The molecule has 1 saturated carbocycles. The molecule has 1 N–H and O–H groups in total. The standard InChI is InChI=1S/C21H23FN2O/c1-13-20(23-17-7-5-6-16(22)12-17)18-8-3-4-9-19(18)24(14(2)25)21(13)15-10-11-15/h3-9,12-13,15,20-21,23H,10-11H2,1-2H3/t13-,20-,21-/m1/s1. The Bertz CT molecular complexity index is 802. The van der Waals surface area contributed by atoms with Crippen molar-refractivity contribution in [2.45, 2.75) is 38.8 Å². The monoisotopic (exact) mass is 338 g/mol. The van der Waals surface area contributed by atoms with E-state index in [1.54, 1.807) is 13.0 Å². The zero-order valence-electron chi connectivity index (χ0n) is 14.6. The van der Waals surface area contributed by atoms with Crippen LogP contribution in [0.15, 0.2) is 48.5 Å². The summed E-state index contributed by atoms with van der Waals surface area (Å²) < 4.78 is 13.6. The lowest BCUT2D eigenvalue weighted by atomic mass is 9.80. The summed E-state index contributed by atoms with van der Waals surface area (Å²) in [6.07, 6.45) is 2.35. The van der Waals surface area contributed by atoms with E-state index < -0.39 is 0 Å². The molecule has 0 bridgehead atoms. The molecule has 4 rings (SSSR count). The maximum atomic E-state index is 13.6. The lowest BCUT2D eigenvalue weighted by Gasteiger charge is -2.46. The second-order valence-electron chi connectivity index (χ2n) is 7.27. The molecular weight excluding hydrogens is 315 g/mol. The molecule has 1 aliphatic carbocycles. The lowest BCUT2D eigenvalue weighted by Crippen LogP contribution is -2.51. The van der Waals surface area contributed by atoms with Crippen LogP contribution >= 0.6 is 0 Å². The van der Waals surface area contributed by atoms with Gasteiger partial charge in [-0.05, 0) is 48.6 Å². The van der Waals surface area contributed by atoms with E-state index in [-0.39, 0.29) is 29.7 Å². The van der Waals surface area contributed by atoms with Crippen molar-refractivity contribution >= 4 is 17.3 Å². The predicted octanol–water partition coefficient (Wildman–Crippen LogP) is 4.76. The number of carbonyl (C=O) groups excluding carboxylic acids is 1. The Morgan fingerprint density at radius 1 is 1.16 bits per heavy atom. The van der Waals surface area contributed by atoms with Gasteiger partial charge in [-0.25, -0.2) is 4.39 Å². The zero-order valence-corrected chi connectivity index (χ0v) is 14.6. The summed E-state index contributed by atoms with van der Waals surface area (Å²) in [5.41, 5.74) is 2.86. The average molecular weight is 338 g/mol. The summed E-state index contributed by atoms with van der Waals surface area (Å²) in [7, 11) is 0. The van der Waals surface area contributed by atoms with Crippen molar-refractivity contribution in [1.29, 1.82) is 0 Å². The van der Waals surface area contributed by atoms with Gasteiger partial charge in [0.1, 0.15) is 5.82 Å². The summed E-state index contributed by atoms with van der Waals surface area (Å²) in [6.45, 7) is 3.85. The van der Waals surface area contributed by atoms with Crippen molar-refractivity contribution in [3.8, 4) is 0 Å². The highest BCUT2D eigenvalue weighted by Crippen LogP contribution is 2.49. The van der Waals surface area contributed by atoms with Gasteiger partial charge < -0.3 is 10.2 Å². The number of anilines is 2. The molecule has 3 nitrogen and oxygen atoms in total. The number of para-hydroxylation sites is 1. The Hall–Kier alpha value is -2.36. The Labute approximate surface area is 147 Å². The molecule has 1 aliphatic heterocycles. The number of fused-ring (bicyclic) bond motifs is 1. The Morgan fingerprint density at radius 2 is 1.92 bits per heavy atom. The van der Waals surface area contributed by atoms with Crippen LogP contribution in [-0.2, 0) is 4.79 Å². The van der Waals surface area contributed by atoms with E-state index in [0.717, 1.165) is 16.9 Å². The molecule has 3 atom stereocenters. The highest BCUT2D eigenvalue weighted by molar-refractivity contribution is 5.94. The largest absolute Gasteiger partial charge is 0.378 e. The Kier molecular flexibility index (Phi) is 3.98. The molecule has 1 fully saturated rings. The van der Waals surface area contributed by atoms with Crippen molar-refractivity contribution in [2.75, 3.05) is 10.2 Å². The summed E-state index contributed by atoms with van der Waals surface area (Å²) in [6, 6.07) is 14.9. The first-order valence-electron chi connectivity index (χ1n) is 8.97. The lowest BCUT2D eigenvalue weighted by molar-refractivity contribution is -0.117. The van der Waals surface area contributed by atoms with Gasteiger partial charge in [-0.1, -0.05) is 31.2 Å². The maximum absolute atomic E-state index is 13.6. The second kappa shape index (κ2) is 6.17. The smallest absolute Gasteiger partial charge is 0.224 e. The number of nitrogens with one attached hydrogen (secondary N) is 1. The van der Waals surface area contributed by atoms with Crippen LogP contribution < -0.4 is 10.2 Å². The third-order valence-corrected chi connectivity index (χ3v) is 5.49. The summed E-state index contributed by atoms with van der Waals surface area (Å²) >= 11 is 0. The Balaban J connectivity index is 1.77. The van der Waals surface area contributed by atoms with Crippen molar-refractivity contribution in [2.24, 2.45) is 11.8 Å². The quantitative estimate of drug-likeness (QED) is 0.875. The number of hydrogen-bond acceptors (Lipinski definition) is 2. The minimum atomic E-state index is -0.245. The fourth-order valence-corrected chi connectivity index (χ4v) is 4.27. The van der Waals surface area contributed by atoms with E-state index >= 15 is 0 Å². The molecule has 4 heteroatoms. The van der Waals surface area contributed by atoms with E-state index in [0.29, 0.717) is 5.92 Å². The number of carbonyl (C=O) groups is 1. The molecule has 130 valence electrons. The molecule has 2 aromatic rings. The van der Waals surface area contributed by atoms with E-state index in [1.165, 1.54) is 25.0 Å². The minimum Gasteiger partial charge on any atom is -0.378 e.